The number of carbonyl (C=O) groups is 2. The van der Waals surface area contributed by atoms with Gasteiger partial charge in [-0.2, -0.15) is 0 Å². The summed E-state index contributed by atoms with van der Waals surface area (Å²) in [6, 6.07) is 0. The lowest BCUT2D eigenvalue weighted by Crippen LogP contribution is -2.36. The minimum Gasteiger partial charge on any atom is -0.469 e. The van der Waals surface area contributed by atoms with E-state index in [4.69, 9.17) is 11.6 Å². The van der Waals surface area contributed by atoms with Crippen molar-refractivity contribution in [3.8, 4) is 0 Å². The second kappa shape index (κ2) is 8.39. The molecule has 0 aromatic heterocycles. The number of alkyl halides is 1. The Balaban J connectivity index is 4.19. The van der Waals surface area contributed by atoms with E-state index in [1.165, 1.54) is 7.11 Å². The van der Waals surface area contributed by atoms with Crippen molar-refractivity contribution in [2.24, 2.45) is 5.92 Å². The maximum Gasteiger partial charge on any atom is 0.307 e. The largest absolute Gasteiger partial charge is 0.469 e. The second-order valence-corrected chi connectivity index (χ2v) is 4.38. The van der Waals surface area contributed by atoms with Crippen molar-refractivity contribution in [1.29, 1.82) is 0 Å². The van der Waals surface area contributed by atoms with Gasteiger partial charge in [-0.05, 0) is 5.92 Å². The zero-order chi connectivity index (χ0) is 12.6. The molecule has 16 heavy (non-hydrogen) atoms. The number of halogens is 1. The number of esters is 1. The van der Waals surface area contributed by atoms with E-state index in [0.717, 1.165) is 0 Å². The van der Waals surface area contributed by atoms with Gasteiger partial charge in [0, 0.05) is 25.4 Å². The third-order valence-electron chi connectivity index (χ3n) is 2.06. The highest BCUT2D eigenvalue weighted by Gasteiger charge is 2.15. The number of hydrogen-bond acceptors (Lipinski definition) is 3. The van der Waals surface area contributed by atoms with Crippen molar-refractivity contribution in [3.63, 3.8) is 0 Å². The molecule has 0 aliphatic rings. The molecule has 0 radical (unpaired) electrons. The first-order chi connectivity index (χ1) is 7.51. The molecular weight excluding hydrogens is 230 g/mol. The highest BCUT2D eigenvalue weighted by atomic mass is 35.5. The lowest BCUT2D eigenvalue weighted by Gasteiger charge is -2.23. The molecule has 0 atom stereocenters. The van der Waals surface area contributed by atoms with Gasteiger partial charge in [0.05, 0.1) is 13.5 Å². The number of nitrogens with zero attached hydrogens (tertiary/aromatic N) is 1. The smallest absolute Gasteiger partial charge is 0.307 e. The summed E-state index contributed by atoms with van der Waals surface area (Å²) in [6.45, 7) is 5.10. The van der Waals surface area contributed by atoms with E-state index in [1.807, 2.05) is 13.8 Å². The molecule has 0 aromatic rings. The van der Waals surface area contributed by atoms with Gasteiger partial charge in [-0.3, -0.25) is 9.59 Å². The van der Waals surface area contributed by atoms with Gasteiger partial charge in [-0.15, -0.1) is 11.6 Å². The minimum absolute atomic E-state index is 0.00685. The average Bonchev–Trinajstić information content (AvgIpc) is 2.23. The molecule has 0 rings (SSSR count). The van der Waals surface area contributed by atoms with Crippen LogP contribution in [0.15, 0.2) is 0 Å². The molecule has 0 aromatic carbocycles. The summed E-state index contributed by atoms with van der Waals surface area (Å²) in [4.78, 5) is 24.3. The normalized spacial score (nSPS) is 10.3. The third-order valence-corrected chi connectivity index (χ3v) is 2.25. The molecule has 0 N–H and O–H groups in total. The summed E-state index contributed by atoms with van der Waals surface area (Å²) in [5.74, 6) is 0.378. The van der Waals surface area contributed by atoms with Gasteiger partial charge in [-0.25, -0.2) is 0 Å². The van der Waals surface area contributed by atoms with Crippen molar-refractivity contribution in [2.45, 2.75) is 26.7 Å². The third kappa shape index (κ3) is 6.67. The molecule has 4 nitrogen and oxygen atoms in total. The molecular formula is C11H20ClNO3. The zero-order valence-electron chi connectivity index (χ0n) is 10.2. The van der Waals surface area contributed by atoms with Crippen LogP contribution < -0.4 is 0 Å². The number of hydrogen-bond donors (Lipinski definition) is 0. The van der Waals surface area contributed by atoms with E-state index in [2.05, 4.69) is 4.74 Å². The first-order valence-corrected chi connectivity index (χ1v) is 5.95. The summed E-state index contributed by atoms with van der Waals surface area (Å²) >= 11 is 5.53. The van der Waals surface area contributed by atoms with Gasteiger partial charge in [-0.1, -0.05) is 13.8 Å². The van der Waals surface area contributed by atoms with E-state index < -0.39 is 0 Å². The van der Waals surface area contributed by atoms with Crippen LogP contribution in [0.3, 0.4) is 0 Å². The van der Waals surface area contributed by atoms with Crippen LogP contribution in [0.1, 0.15) is 26.7 Å². The lowest BCUT2D eigenvalue weighted by atomic mass is 10.2. The molecule has 0 aliphatic carbocycles. The first-order valence-electron chi connectivity index (χ1n) is 5.41. The predicted octanol–water partition coefficient (Wildman–Crippen LogP) is 1.66. The molecule has 0 heterocycles. The van der Waals surface area contributed by atoms with Gasteiger partial charge in [0.1, 0.15) is 0 Å². The quantitative estimate of drug-likeness (QED) is 0.509. The molecule has 0 spiro atoms. The van der Waals surface area contributed by atoms with Crippen LogP contribution in [0.4, 0.5) is 0 Å². The summed E-state index contributed by atoms with van der Waals surface area (Å²) in [6.07, 6.45) is 0.548. The van der Waals surface area contributed by atoms with Crippen molar-refractivity contribution >= 4 is 23.5 Å². The van der Waals surface area contributed by atoms with Crippen LogP contribution >= 0.6 is 11.6 Å². The van der Waals surface area contributed by atoms with E-state index in [1.54, 1.807) is 4.90 Å². The van der Waals surface area contributed by atoms with Crippen molar-refractivity contribution in [1.82, 2.24) is 4.90 Å². The summed E-state index contributed by atoms with van der Waals surface area (Å²) in [5.41, 5.74) is 0. The Hall–Kier alpha value is -0.770. The number of ether oxygens (including phenoxy) is 1. The Morgan fingerprint density at radius 3 is 2.38 bits per heavy atom. The van der Waals surface area contributed by atoms with E-state index >= 15 is 0 Å². The van der Waals surface area contributed by atoms with Crippen molar-refractivity contribution in [2.75, 3.05) is 26.1 Å². The summed E-state index contributed by atoms with van der Waals surface area (Å²) < 4.78 is 4.54. The van der Waals surface area contributed by atoms with Crippen LogP contribution in [0, 0.1) is 5.92 Å². The lowest BCUT2D eigenvalue weighted by molar-refractivity contribution is -0.141. The summed E-state index contributed by atoms with van der Waals surface area (Å²) in [7, 11) is 1.34. The fourth-order valence-corrected chi connectivity index (χ4v) is 1.49. The van der Waals surface area contributed by atoms with Crippen LogP contribution in [-0.4, -0.2) is 42.9 Å². The molecule has 0 aliphatic heterocycles. The monoisotopic (exact) mass is 249 g/mol. The van der Waals surface area contributed by atoms with Gasteiger partial charge in [0.2, 0.25) is 5.91 Å². The Labute approximate surface area is 102 Å². The predicted molar refractivity (Wildman–Crippen MR) is 63.4 cm³/mol. The molecule has 0 unspecified atom stereocenters. The van der Waals surface area contributed by atoms with E-state index in [0.29, 0.717) is 31.3 Å². The maximum absolute atomic E-state index is 11.7. The van der Waals surface area contributed by atoms with E-state index in [-0.39, 0.29) is 18.3 Å². The minimum atomic E-state index is -0.299. The molecule has 5 heteroatoms. The fraction of sp³-hybridized carbons (Fsp3) is 0.818. The van der Waals surface area contributed by atoms with Crippen molar-refractivity contribution < 1.29 is 14.3 Å². The molecule has 94 valence electrons. The van der Waals surface area contributed by atoms with Crippen molar-refractivity contribution in [3.05, 3.63) is 0 Å². The van der Waals surface area contributed by atoms with Gasteiger partial charge in [0.15, 0.2) is 0 Å². The number of amides is 1. The highest BCUT2D eigenvalue weighted by molar-refractivity contribution is 6.18. The van der Waals surface area contributed by atoms with Gasteiger partial charge >= 0.3 is 5.97 Å². The zero-order valence-corrected chi connectivity index (χ0v) is 10.9. The number of methoxy groups -OCH3 is 1. The molecule has 0 bridgehead atoms. The Bertz CT molecular complexity index is 231. The number of carbonyl (C=O) groups excluding carboxylic acids is 2. The van der Waals surface area contributed by atoms with Crippen LogP contribution in [-0.2, 0) is 14.3 Å². The van der Waals surface area contributed by atoms with E-state index in [9.17, 15) is 9.59 Å². The average molecular weight is 250 g/mol. The maximum atomic E-state index is 11.7. The van der Waals surface area contributed by atoms with Gasteiger partial charge in [0.25, 0.3) is 0 Å². The standard InChI is InChI=1S/C11H20ClNO3/c1-9(2)8-13(10(14)4-6-12)7-5-11(15)16-3/h9H,4-8H2,1-3H3. The molecule has 0 saturated heterocycles. The van der Waals surface area contributed by atoms with Gasteiger partial charge < -0.3 is 9.64 Å². The van der Waals surface area contributed by atoms with Crippen LogP contribution in [0.25, 0.3) is 0 Å². The molecule has 1 amide bonds. The van der Waals surface area contributed by atoms with Crippen LogP contribution in [0.2, 0.25) is 0 Å². The topological polar surface area (TPSA) is 46.6 Å². The first kappa shape index (κ1) is 15.2. The fourth-order valence-electron chi connectivity index (χ4n) is 1.33. The SMILES string of the molecule is COC(=O)CCN(CC(C)C)C(=O)CCCl. The Morgan fingerprint density at radius 2 is 1.94 bits per heavy atom. The molecule has 0 fully saturated rings. The summed E-state index contributed by atoms with van der Waals surface area (Å²) in [5, 5.41) is 0. The Kier molecular flexibility index (Phi) is 7.99. The Morgan fingerprint density at radius 1 is 1.31 bits per heavy atom. The second-order valence-electron chi connectivity index (χ2n) is 4.00. The highest BCUT2D eigenvalue weighted by Crippen LogP contribution is 2.04. The molecule has 0 saturated carbocycles. The van der Waals surface area contributed by atoms with Crippen LogP contribution in [0.5, 0.6) is 0 Å². The number of rotatable bonds is 7.